The lowest BCUT2D eigenvalue weighted by atomic mass is 10.1. The van der Waals surface area contributed by atoms with Crippen LogP contribution in [0.3, 0.4) is 0 Å². The lowest BCUT2D eigenvalue weighted by Crippen LogP contribution is -1.90. The Balaban J connectivity index is 1.76. The molecule has 0 saturated carbocycles. The topological polar surface area (TPSA) is 65.4 Å². The molecule has 0 fully saturated rings. The van der Waals surface area contributed by atoms with Gasteiger partial charge < -0.3 is 0 Å². The van der Waals surface area contributed by atoms with Gasteiger partial charge in [-0.25, -0.2) is 9.37 Å². The van der Waals surface area contributed by atoms with Crippen molar-refractivity contribution in [1.29, 1.82) is 5.26 Å². The van der Waals surface area contributed by atoms with E-state index in [2.05, 4.69) is 31.1 Å². The predicted molar refractivity (Wildman–Crippen MR) is 90.2 cm³/mol. The van der Waals surface area contributed by atoms with E-state index in [4.69, 9.17) is 5.26 Å². The highest BCUT2D eigenvalue weighted by Crippen LogP contribution is 2.27. The molecular weight excluding hydrogens is 379 g/mol. The molecule has 4 nitrogen and oxygen atoms in total. The average molecular weight is 389 g/mol. The fourth-order valence-corrected chi connectivity index (χ4v) is 3.23. The van der Waals surface area contributed by atoms with E-state index in [1.54, 1.807) is 6.07 Å². The number of halogens is 2. The molecule has 2 aromatic carbocycles. The highest BCUT2D eigenvalue weighted by molar-refractivity contribution is 9.10. The molecule has 0 radical (unpaired) electrons. The normalized spacial score (nSPS) is 10.5. The summed E-state index contributed by atoms with van der Waals surface area (Å²) < 4.78 is 14.7. The van der Waals surface area contributed by atoms with E-state index in [1.165, 1.54) is 23.9 Å². The molecule has 23 heavy (non-hydrogen) atoms. The van der Waals surface area contributed by atoms with Gasteiger partial charge in [0.25, 0.3) is 0 Å². The van der Waals surface area contributed by atoms with Crippen LogP contribution in [-0.4, -0.2) is 15.2 Å². The summed E-state index contributed by atoms with van der Waals surface area (Å²) in [6, 6.07) is 14.0. The van der Waals surface area contributed by atoms with Gasteiger partial charge in [-0.15, -0.1) is 5.10 Å². The minimum absolute atomic E-state index is 0.335. The van der Waals surface area contributed by atoms with Gasteiger partial charge in [0, 0.05) is 15.8 Å². The minimum Gasteiger partial charge on any atom is -0.258 e. The van der Waals surface area contributed by atoms with Gasteiger partial charge in [-0.2, -0.15) is 5.26 Å². The maximum Gasteiger partial charge on any atom is 0.209 e. The highest BCUT2D eigenvalue weighted by Gasteiger charge is 2.10. The van der Waals surface area contributed by atoms with E-state index in [9.17, 15) is 4.39 Å². The van der Waals surface area contributed by atoms with Gasteiger partial charge in [-0.05, 0) is 29.8 Å². The van der Waals surface area contributed by atoms with Crippen LogP contribution in [0.15, 0.2) is 52.1 Å². The second-order valence-electron chi connectivity index (χ2n) is 4.65. The second kappa shape index (κ2) is 6.94. The first-order chi connectivity index (χ1) is 11.2. The molecular formula is C16H10BrFN4S. The quantitative estimate of drug-likeness (QED) is 0.666. The summed E-state index contributed by atoms with van der Waals surface area (Å²) in [6.45, 7) is 0. The zero-order valence-corrected chi connectivity index (χ0v) is 14.2. The number of aromatic amines is 1. The van der Waals surface area contributed by atoms with Gasteiger partial charge in [0.2, 0.25) is 5.16 Å². The third-order valence-electron chi connectivity index (χ3n) is 3.13. The third-order valence-corrected chi connectivity index (χ3v) is 4.71. The Bertz CT molecular complexity index is 888. The molecule has 1 heterocycles. The molecule has 7 heteroatoms. The van der Waals surface area contributed by atoms with Gasteiger partial charge in [-0.3, -0.25) is 5.10 Å². The van der Waals surface area contributed by atoms with E-state index >= 15 is 0 Å². The molecule has 1 N–H and O–H groups in total. The molecule has 0 aliphatic carbocycles. The summed E-state index contributed by atoms with van der Waals surface area (Å²) in [5.74, 6) is 0.665. The zero-order valence-electron chi connectivity index (χ0n) is 11.8. The Kier molecular flexibility index (Phi) is 4.74. The van der Waals surface area contributed by atoms with Crippen LogP contribution >= 0.6 is 27.7 Å². The smallest absolute Gasteiger partial charge is 0.209 e. The van der Waals surface area contributed by atoms with Gasteiger partial charge in [-0.1, -0.05) is 45.9 Å². The second-order valence-corrected chi connectivity index (χ2v) is 6.45. The first kappa shape index (κ1) is 15.7. The maximum absolute atomic E-state index is 13.8. The van der Waals surface area contributed by atoms with Crippen molar-refractivity contribution in [2.75, 3.05) is 0 Å². The Morgan fingerprint density at radius 2 is 2.09 bits per heavy atom. The Labute approximate surface area is 144 Å². The van der Waals surface area contributed by atoms with Crippen molar-refractivity contribution in [3.8, 4) is 17.5 Å². The molecule has 3 rings (SSSR count). The van der Waals surface area contributed by atoms with Crippen LogP contribution in [0.4, 0.5) is 4.39 Å². The highest BCUT2D eigenvalue weighted by atomic mass is 79.9. The molecule has 0 saturated heterocycles. The van der Waals surface area contributed by atoms with Crippen molar-refractivity contribution >= 4 is 27.7 Å². The molecule has 1 aromatic heterocycles. The van der Waals surface area contributed by atoms with Crippen LogP contribution < -0.4 is 0 Å². The lowest BCUT2D eigenvalue weighted by Gasteiger charge is -2.01. The molecule has 114 valence electrons. The number of nitrogens with one attached hydrogen (secondary N) is 1. The fraction of sp³-hybridized carbons (Fsp3) is 0.0625. The largest absolute Gasteiger partial charge is 0.258 e. The molecule has 0 aliphatic heterocycles. The van der Waals surface area contributed by atoms with Gasteiger partial charge in [0.1, 0.15) is 5.82 Å². The Morgan fingerprint density at radius 1 is 1.26 bits per heavy atom. The van der Waals surface area contributed by atoms with E-state index in [0.29, 0.717) is 27.9 Å². The number of hydrogen-bond acceptors (Lipinski definition) is 4. The first-order valence-electron chi connectivity index (χ1n) is 6.66. The van der Waals surface area contributed by atoms with Crippen LogP contribution in [0.5, 0.6) is 0 Å². The monoisotopic (exact) mass is 388 g/mol. The summed E-state index contributed by atoms with van der Waals surface area (Å²) >= 11 is 4.78. The number of aromatic nitrogens is 3. The molecule has 0 aliphatic rings. The third kappa shape index (κ3) is 3.60. The Morgan fingerprint density at radius 3 is 2.87 bits per heavy atom. The van der Waals surface area contributed by atoms with Crippen LogP contribution in [0.2, 0.25) is 0 Å². The SMILES string of the molecule is N#Cc1ccc(F)c(CSc2n[nH]c(-c3ccccc3Br)n2)c1. The average Bonchev–Trinajstić information content (AvgIpc) is 3.03. The number of hydrogen-bond donors (Lipinski definition) is 1. The predicted octanol–water partition coefficient (Wildman–Crippen LogP) is 4.54. The van der Waals surface area contributed by atoms with Crippen LogP contribution in [0.1, 0.15) is 11.1 Å². The number of nitriles is 1. The number of nitrogens with zero attached hydrogens (tertiary/aromatic N) is 3. The van der Waals surface area contributed by atoms with Crippen molar-refractivity contribution in [3.63, 3.8) is 0 Å². The number of H-pyrrole nitrogens is 1. The van der Waals surface area contributed by atoms with Crippen LogP contribution in [0.25, 0.3) is 11.4 Å². The number of rotatable bonds is 4. The van der Waals surface area contributed by atoms with E-state index in [-0.39, 0.29) is 5.82 Å². The molecule has 0 bridgehead atoms. The minimum atomic E-state index is -0.335. The Hall–Kier alpha value is -2.17. The fourth-order valence-electron chi connectivity index (χ4n) is 1.98. The summed E-state index contributed by atoms with van der Waals surface area (Å²) in [5.41, 5.74) is 1.80. The van der Waals surface area contributed by atoms with Gasteiger partial charge in [0.05, 0.1) is 11.6 Å². The van der Waals surface area contributed by atoms with E-state index < -0.39 is 0 Å². The van der Waals surface area contributed by atoms with Crippen LogP contribution in [0, 0.1) is 17.1 Å². The zero-order chi connectivity index (χ0) is 16.2. The summed E-state index contributed by atoms with van der Waals surface area (Å²) in [4.78, 5) is 4.41. The van der Waals surface area contributed by atoms with Crippen molar-refractivity contribution < 1.29 is 4.39 Å². The number of benzene rings is 2. The summed E-state index contributed by atoms with van der Waals surface area (Å²) in [6.07, 6.45) is 0. The van der Waals surface area contributed by atoms with Crippen molar-refractivity contribution in [3.05, 3.63) is 63.9 Å². The lowest BCUT2D eigenvalue weighted by molar-refractivity contribution is 0.617. The van der Waals surface area contributed by atoms with Gasteiger partial charge >= 0.3 is 0 Å². The number of thioether (sulfide) groups is 1. The first-order valence-corrected chi connectivity index (χ1v) is 8.44. The molecule has 0 amide bonds. The summed E-state index contributed by atoms with van der Waals surface area (Å²) in [5, 5.41) is 16.4. The standard InChI is InChI=1S/C16H10BrFN4S/c17-13-4-2-1-3-12(13)15-20-16(22-21-15)23-9-11-7-10(8-19)5-6-14(11)18/h1-7H,9H2,(H,20,21,22). The molecule has 0 spiro atoms. The van der Waals surface area contributed by atoms with E-state index in [0.717, 1.165) is 10.0 Å². The van der Waals surface area contributed by atoms with Crippen molar-refractivity contribution in [2.24, 2.45) is 0 Å². The van der Waals surface area contributed by atoms with Gasteiger partial charge in [0.15, 0.2) is 5.82 Å². The van der Waals surface area contributed by atoms with Crippen LogP contribution in [-0.2, 0) is 5.75 Å². The summed E-state index contributed by atoms with van der Waals surface area (Å²) in [7, 11) is 0. The molecule has 0 atom stereocenters. The van der Waals surface area contributed by atoms with E-state index in [1.807, 2.05) is 30.3 Å². The van der Waals surface area contributed by atoms with Crippen molar-refractivity contribution in [2.45, 2.75) is 10.9 Å². The molecule has 0 unspecified atom stereocenters. The maximum atomic E-state index is 13.8. The van der Waals surface area contributed by atoms with Crippen molar-refractivity contribution in [1.82, 2.24) is 15.2 Å². The molecule has 3 aromatic rings.